The Labute approximate surface area is 95.2 Å². The number of hydrogen-bond acceptors (Lipinski definition) is 1. The van der Waals surface area contributed by atoms with Gasteiger partial charge in [0, 0.05) is 12.5 Å². The molecular formula is C15H13N. The van der Waals surface area contributed by atoms with E-state index < -0.39 is 0 Å². The highest BCUT2D eigenvalue weighted by Gasteiger charge is 2.46. The molecule has 2 heterocycles. The maximum absolute atomic E-state index is 3.68. The summed E-state index contributed by atoms with van der Waals surface area (Å²) in [6, 6.07) is 0. The Morgan fingerprint density at radius 1 is 1.12 bits per heavy atom. The molecule has 1 N–H and O–H groups in total. The van der Waals surface area contributed by atoms with E-state index in [2.05, 4.69) is 60.0 Å². The second-order valence-electron chi connectivity index (χ2n) is 4.74. The summed E-state index contributed by atoms with van der Waals surface area (Å²) in [4.78, 5) is 0. The molecule has 0 radical (unpaired) electrons. The standard InChI is InChI=1S/C15H13N/c1-2-7-14-13(6-1)11-9-12-5-3-4-8-15(12,14)16-10-11/h1-9,14,16H,10H2. The van der Waals surface area contributed by atoms with Gasteiger partial charge in [-0.3, -0.25) is 5.32 Å². The van der Waals surface area contributed by atoms with Crippen LogP contribution in [0.1, 0.15) is 0 Å². The van der Waals surface area contributed by atoms with Crippen LogP contribution in [0.3, 0.4) is 0 Å². The fraction of sp³-hybridized carbons (Fsp3) is 0.200. The van der Waals surface area contributed by atoms with Crippen molar-refractivity contribution in [3.05, 3.63) is 71.4 Å². The molecule has 2 aliphatic heterocycles. The maximum Gasteiger partial charge on any atom is 0.0731 e. The molecule has 78 valence electrons. The first-order valence-corrected chi connectivity index (χ1v) is 5.81. The molecule has 3 aliphatic carbocycles. The lowest BCUT2D eigenvalue weighted by Crippen LogP contribution is -2.57. The predicted molar refractivity (Wildman–Crippen MR) is 65.9 cm³/mol. The number of hydrogen-bond donors (Lipinski definition) is 1. The van der Waals surface area contributed by atoms with E-state index in [0.29, 0.717) is 5.92 Å². The summed E-state index contributed by atoms with van der Waals surface area (Å²) in [7, 11) is 0. The zero-order chi connectivity index (χ0) is 10.6. The van der Waals surface area contributed by atoms with Gasteiger partial charge in [0.1, 0.15) is 0 Å². The molecule has 0 saturated carbocycles. The van der Waals surface area contributed by atoms with Crippen molar-refractivity contribution in [3.63, 3.8) is 0 Å². The molecule has 5 rings (SSSR count). The Kier molecular flexibility index (Phi) is 1.46. The molecule has 1 nitrogen and oxygen atoms in total. The fourth-order valence-electron chi connectivity index (χ4n) is 3.23. The van der Waals surface area contributed by atoms with Crippen LogP contribution in [0.15, 0.2) is 71.4 Å². The van der Waals surface area contributed by atoms with Gasteiger partial charge >= 0.3 is 0 Å². The molecule has 0 aromatic heterocycles. The first-order chi connectivity index (χ1) is 7.90. The van der Waals surface area contributed by atoms with Crippen molar-refractivity contribution in [2.75, 3.05) is 6.54 Å². The first kappa shape index (κ1) is 8.54. The molecule has 1 heteroatoms. The van der Waals surface area contributed by atoms with Crippen LogP contribution in [0.4, 0.5) is 0 Å². The quantitative estimate of drug-likeness (QED) is 0.643. The van der Waals surface area contributed by atoms with Gasteiger partial charge in [-0.05, 0) is 16.7 Å². The van der Waals surface area contributed by atoms with E-state index in [1.807, 2.05) is 0 Å². The van der Waals surface area contributed by atoms with Crippen molar-refractivity contribution in [2.45, 2.75) is 5.54 Å². The molecule has 2 atom stereocenters. The van der Waals surface area contributed by atoms with Crippen LogP contribution in [0.25, 0.3) is 0 Å². The topological polar surface area (TPSA) is 12.0 Å². The number of rotatable bonds is 0. The van der Waals surface area contributed by atoms with Gasteiger partial charge in [0.15, 0.2) is 0 Å². The first-order valence-electron chi connectivity index (χ1n) is 5.81. The Morgan fingerprint density at radius 2 is 2.06 bits per heavy atom. The van der Waals surface area contributed by atoms with Crippen LogP contribution in [0.5, 0.6) is 0 Å². The highest BCUT2D eigenvalue weighted by atomic mass is 15.0. The van der Waals surface area contributed by atoms with E-state index in [4.69, 9.17) is 0 Å². The second kappa shape index (κ2) is 2.74. The summed E-state index contributed by atoms with van der Waals surface area (Å²) < 4.78 is 0. The van der Waals surface area contributed by atoms with Gasteiger partial charge in [0.05, 0.1) is 5.54 Å². The van der Waals surface area contributed by atoms with Crippen molar-refractivity contribution in [1.82, 2.24) is 5.32 Å². The van der Waals surface area contributed by atoms with Crippen LogP contribution >= 0.6 is 0 Å². The number of allylic oxidation sites excluding steroid dienone is 5. The summed E-state index contributed by atoms with van der Waals surface area (Å²) in [5, 5.41) is 3.68. The lowest BCUT2D eigenvalue weighted by molar-refractivity contribution is 0.379. The molecule has 2 unspecified atom stereocenters. The van der Waals surface area contributed by atoms with Crippen molar-refractivity contribution >= 4 is 0 Å². The molecule has 0 saturated heterocycles. The predicted octanol–water partition coefficient (Wildman–Crippen LogP) is 2.43. The van der Waals surface area contributed by atoms with Crippen molar-refractivity contribution in [2.24, 2.45) is 5.92 Å². The Morgan fingerprint density at radius 3 is 3.06 bits per heavy atom. The third-order valence-electron chi connectivity index (χ3n) is 4.01. The van der Waals surface area contributed by atoms with Crippen molar-refractivity contribution in [3.8, 4) is 0 Å². The van der Waals surface area contributed by atoms with Gasteiger partial charge < -0.3 is 0 Å². The third-order valence-corrected chi connectivity index (χ3v) is 4.01. The smallest absolute Gasteiger partial charge is 0.0731 e. The van der Waals surface area contributed by atoms with E-state index in [1.54, 1.807) is 0 Å². The summed E-state index contributed by atoms with van der Waals surface area (Å²) in [6.07, 6.45) is 20.1. The zero-order valence-corrected chi connectivity index (χ0v) is 8.98. The molecule has 5 aliphatic rings. The number of nitrogens with one attached hydrogen (secondary N) is 1. The average Bonchev–Trinajstić information content (AvgIpc) is 2.39. The van der Waals surface area contributed by atoms with Gasteiger partial charge in [-0.15, -0.1) is 0 Å². The van der Waals surface area contributed by atoms with Gasteiger partial charge in [0.2, 0.25) is 0 Å². The van der Waals surface area contributed by atoms with Gasteiger partial charge in [-0.2, -0.15) is 0 Å². The zero-order valence-electron chi connectivity index (χ0n) is 8.98. The summed E-state index contributed by atoms with van der Waals surface area (Å²) in [6.45, 7) is 0.992. The Balaban J connectivity index is 2.02. The van der Waals surface area contributed by atoms with Crippen LogP contribution in [0, 0.1) is 5.92 Å². The van der Waals surface area contributed by atoms with Crippen LogP contribution < -0.4 is 5.32 Å². The highest BCUT2D eigenvalue weighted by molar-refractivity contribution is 5.62. The Bertz CT molecular complexity index is 540. The molecule has 0 amide bonds. The van der Waals surface area contributed by atoms with Gasteiger partial charge in [-0.25, -0.2) is 0 Å². The SMILES string of the molecule is C1=CC2=CC3=C4C=CC=CC4C2(C=C1)NC3. The van der Waals surface area contributed by atoms with Crippen LogP contribution in [0.2, 0.25) is 0 Å². The molecule has 1 spiro atoms. The van der Waals surface area contributed by atoms with E-state index in [0.717, 1.165) is 6.54 Å². The summed E-state index contributed by atoms with van der Waals surface area (Å²) in [5.41, 5.74) is 4.37. The maximum atomic E-state index is 3.68. The largest absolute Gasteiger partial charge is 0.299 e. The minimum absolute atomic E-state index is 0.0209. The molecule has 16 heavy (non-hydrogen) atoms. The van der Waals surface area contributed by atoms with E-state index in [9.17, 15) is 0 Å². The average molecular weight is 207 g/mol. The second-order valence-corrected chi connectivity index (χ2v) is 4.74. The molecule has 0 aromatic rings. The minimum atomic E-state index is 0.0209. The summed E-state index contributed by atoms with van der Waals surface area (Å²) in [5.74, 6) is 0.474. The lowest BCUT2D eigenvalue weighted by atomic mass is 9.63. The van der Waals surface area contributed by atoms with E-state index in [-0.39, 0.29) is 5.54 Å². The van der Waals surface area contributed by atoms with Crippen molar-refractivity contribution in [1.29, 1.82) is 0 Å². The third kappa shape index (κ3) is 0.856. The normalized spacial score (nSPS) is 37.5. The summed E-state index contributed by atoms with van der Waals surface area (Å²) >= 11 is 0. The highest BCUT2D eigenvalue weighted by Crippen LogP contribution is 2.46. The molecule has 0 aromatic carbocycles. The fourth-order valence-corrected chi connectivity index (χ4v) is 3.23. The minimum Gasteiger partial charge on any atom is -0.299 e. The van der Waals surface area contributed by atoms with Crippen LogP contribution in [-0.4, -0.2) is 12.1 Å². The number of fused-ring (bicyclic) bond motifs is 1. The molecule has 2 bridgehead atoms. The molecule has 0 fully saturated rings. The van der Waals surface area contributed by atoms with E-state index >= 15 is 0 Å². The van der Waals surface area contributed by atoms with Crippen molar-refractivity contribution < 1.29 is 0 Å². The lowest BCUT2D eigenvalue weighted by Gasteiger charge is -2.49. The Hall–Kier alpha value is -1.60. The van der Waals surface area contributed by atoms with Crippen LogP contribution in [-0.2, 0) is 0 Å². The monoisotopic (exact) mass is 207 g/mol. The van der Waals surface area contributed by atoms with Gasteiger partial charge in [-0.1, -0.05) is 54.7 Å². The van der Waals surface area contributed by atoms with Gasteiger partial charge in [0.25, 0.3) is 0 Å². The molecular weight excluding hydrogens is 194 g/mol. The van der Waals surface area contributed by atoms with E-state index in [1.165, 1.54) is 16.7 Å².